The molecule has 4 aromatic rings. The van der Waals surface area contributed by atoms with Gasteiger partial charge in [0.2, 0.25) is 5.91 Å². The Hall–Kier alpha value is -2.89. The molecule has 0 atom stereocenters. The smallest absolute Gasteiger partial charge is 0.222 e. The van der Waals surface area contributed by atoms with Gasteiger partial charge in [-0.1, -0.05) is 59.6 Å². The molecule has 0 aliphatic heterocycles. The first-order chi connectivity index (χ1) is 14.6. The van der Waals surface area contributed by atoms with Crippen LogP contribution >= 0.6 is 23.2 Å². The maximum absolute atomic E-state index is 12.4. The van der Waals surface area contributed by atoms with Crippen molar-refractivity contribution in [2.45, 2.75) is 25.9 Å². The Morgan fingerprint density at radius 1 is 1.00 bits per heavy atom. The predicted molar refractivity (Wildman–Crippen MR) is 120 cm³/mol. The van der Waals surface area contributed by atoms with Gasteiger partial charge in [-0.3, -0.25) is 9.78 Å². The number of pyridine rings is 1. The molecule has 2 aromatic carbocycles. The largest absolute Gasteiger partial charge is 0.350 e. The fourth-order valence-electron chi connectivity index (χ4n) is 3.33. The van der Waals surface area contributed by atoms with Crippen LogP contribution in [0.4, 0.5) is 0 Å². The molecular weight excluding hydrogens is 419 g/mol. The lowest BCUT2D eigenvalue weighted by Crippen LogP contribution is -2.24. The van der Waals surface area contributed by atoms with E-state index in [1.54, 1.807) is 12.3 Å². The minimum Gasteiger partial charge on any atom is -0.350 e. The van der Waals surface area contributed by atoms with Gasteiger partial charge in [0, 0.05) is 25.6 Å². The number of carbonyl (C=O) groups is 1. The van der Waals surface area contributed by atoms with Crippen LogP contribution in [0.1, 0.15) is 23.5 Å². The summed E-state index contributed by atoms with van der Waals surface area (Å²) in [5.41, 5.74) is 3.60. The molecule has 30 heavy (non-hydrogen) atoms. The van der Waals surface area contributed by atoms with Gasteiger partial charge in [0.1, 0.15) is 5.82 Å². The molecule has 0 fully saturated rings. The van der Waals surface area contributed by atoms with E-state index in [0.29, 0.717) is 36.0 Å². The number of aromatic nitrogens is 3. The summed E-state index contributed by atoms with van der Waals surface area (Å²) in [6.45, 7) is 0.896. The average Bonchev–Trinajstić information content (AvgIpc) is 3.08. The number of nitrogens with zero attached hydrogens (tertiary/aromatic N) is 3. The van der Waals surface area contributed by atoms with Crippen LogP contribution in [0.5, 0.6) is 0 Å². The van der Waals surface area contributed by atoms with Gasteiger partial charge in [-0.15, -0.1) is 0 Å². The lowest BCUT2D eigenvalue weighted by molar-refractivity contribution is -0.121. The second-order valence-electron chi connectivity index (χ2n) is 6.94. The van der Waals surface area contributed by atoms with Crippen LogP contribution in [0.15, 0.2) is 66.9 Å². The molecule has 0 saturated heterocycles. The van der Waals surface area contributed by atoms with E-state index in [1.165, 1.54) is 0 Å². The average molecular weight is 439 g/mol. The Kier molecular flexibility index (Phi) is 6.31. The first-order valence-corrected chi connectivity index (χ1v) is 10.4. The highest BCUT2D eigenvalue weighted by atomic mass is 35.5. The molecule has 7 heteroatoms. The maximum Gasteiger partial charge on any atom is 0.222 e. The number of carbonyl (C=O) groups excluding carboxylic acids is 1. The molecule has 0 saturated carbocycles. The molecule has 2 heterocycles. The molecule has 1 N–H and O–H groups in total. The molecule has 0 bridgehead atoms. The number of hydrogen-bond acceptors (Lipinski definition) is 3. The molecule has 0 spiro atoms. The van der Waals surface area contributed by atoms with E-state index < -0.39 is 0 Å². The quantitative estimate of drug-likeness (QED) is 0.439. The van der Waals surface area contributed by atoms with Crippen molar-refractivity contribution in [1.82, 2.24) is 19.9 Å². The lowest BCUT2D eigenvalue weighted by atomic mass is 10.1. The molecule has 2 aromatic heterocycles. The number of imidazole rings is 1. The van der Waals surface area contributed by atoms with E-state index in [9.17, 15) is 4.79 Å². The summed E-state index contributed by atoms with van der Waals surface area (Å²) < 4.78 is 2.05. The molecule has 4 rings (SSSR count). The number of halogens is 2. The van der Waals surface area contributed by atoms with E-state index >= 15 is 0 Å². The Bertz CT molecular complexity index is 1160. The first-order valence-electron chi connectivity index (χ1n) is 9.65. The summed E-state index contributed by atoms with van der Waals surface area (Å²) >= 11 is 12.4. The van der Waals surface area contributed by atoms with Crippen LogP contribution in [0, 0.1) is 0 Å². The minimum absolute atomic E-state index is 0.0479. The van der Waals surface area contributed by atoms with Crippen molar-refractivity contribution in [2.24, 2.45) is 0 Å². The zero-order chi connectivity index (χ0) is 20.9. The number of hydrogen-bond donors (Lipinski definition) is 1. The number of aryl methyl sites for hydroxylation is 1. The van der Waals surface area contributed by atoms with E-state index in [0.717, 1.165) is 28.1 Å². The first kappa shape index (κ1) is 20.4. The predicted octanol–water partition coefficient (Wildman–Crippen LogP) is 5.04. The van der Waals surface area contributed by atoms with Crippen LogP contribution < -0.4 is 5.32 Å². The van der Waals surface area contributed by atoms with Crippen molar-refractivity contribution >= 4 is 40.1 Å². The van der Waals surface area contributed by atoms with Crippen molar-refractivity contribution in [1.29, 1.82) is 0 Å². The second kappa shape index (κ2) is 9.28. The van der Waals surface area contributed by atoms with Gasteiger partial charge in [-0.05, 0) is 29.8 Å². The number of benzene rings is 2. The van der Waals surface area contributed by atoms with Gasteiger partial charge >= 0.3 is 0 Å². The topological polar surface area (TPSA) is 59.8 Å². The molecule has 0 radical (unpaired) electrons. The molecule has 5 nitrogen and oxygen atoms in total. The molecule has 0 aliphatic rings. The fourth-order valence-corrected chi connectivity index (χ4v) is 3.64. The Morgan fingerprint density at radius 2 is 1.77 bits per heavy atom. The van der Waals surface area contributed by atoms with Crippen LogP contribution in [0.3, 0.4) is 0 Å². The third-order valence-corrected chi connectivity index (χ3v) is 5.55. The van der Waals surface area contributed by atoms with Crippen LogP contribution in [0.25, 0.3) is 11.0 Å². The van der Waals surface area contributed by atoms with Crippen molar-refractivity contribution in [2.75, 3.05) is 0 Å². The third kappa shape index (κ3) is 4.81. The number of rotatable bonds is 7. The van der Waals surface area contributed by atoms with Gasteiger partial charge < -0.3 is 9.88 Å². The van der Waals surface area contributed by atoms with Gasteiger partial charge in [0.25, 0.3) is 0 Å². The van der Waals surface area contributed by atoms with Gasteiger partial charge in [-0.25, -0.2) is 4.98 Å². The molecular formula is C23H20Cl2N4O. The van der Waals surface area contributed by atoms with Crippen molar-refractivity contribution in [3.05, 3.63) is 94.0 Å². The summed E-state index contributed by atoms with van der Waals surface area (Å²) in [5.74, 6) is 0.820. The summed E-state index contributed by atoms with van der Waals surface area (Å²) in [5, 5.41) is 3.85. The zero-order valence-corrected chi connectivity index (χ0v) is 17.7. The Labute approximate surface area is 184 Å². The highest BCUT2D eigenvalue weighted by Gasteiger charge is 2.15. The zero-order valence-electron chi connectivity index (χ0n) is 16.2. The number of nitrogens with one attached hydrogen (secondary N) is 1. The second-order valence-corrected chi connectivity index (χ2v) is 7.76. The van der Waals surface area contributed by atoms with E-state index in [1.807, 2.05) is 47.0 Å². The van der Waals surface area contributed by atoms with E-state index in [4.69, 9.17) is 28.2 Å². The SMILES string of the molecule is O=C(CCn1c(Cc2ccccc2)nc2cc(Cl)c(Cl)cc21)NCc1ccccn1. The summed E-state index contributed by atoms with van der Waals surface area (Å²) in [6, 6.07) is 19.3. The Morgan fingerprint density at radius 3 is 2.53 bits per heavy atom. The molecule has 152 valence electrons. The highest BCUT2D eigenvalue weighted by Crippen LogP contribution is 2.29. The van der Waals surface area contributed by atoms with Crippen molar-refractivity contribution in [3.63, 3.8) is 0 Å². The maximum atomic E-state index is 12.4. The number of amides is 1. The van der Waals surface area contributed by atoms with Crippen LogP contribution in [-0.2, 0) is 24.3 Å². The van der Waals surface area contributed by atoms with Gasteiger partial charge in [0.05, 0.1) is 33.3 Å². The van der Waals surface area contributed by atoms with Gasteiger partial charge in [0.15, 0.2) is 0 Å². The molecule has 0 aliphatic carbocycles. The van der Waals surface area contributed by atoms with E-state index in [-0.39, 0.29) is 5.91 Å². The van der Waals surface area contributed by atoms with Gasteiger partial charge in [-0.2, -0.15) is 0 Å². The summed E-state index contributed by atoms with van der Waals surface area (Å²) in [7, 11) is 0. The standard InChI is InChI=1S/C23H20Cl2N4O/c24-18-13-20-21(14-19(18)25)29(22(28-20)12-16-6-2-1-3-7-16)11-9-23(30)27-15-17-8-4-5-10-26-17/h1-8,10,13-14H,9,11-12,15H2,(H,27,30). The van der Waals surface area contributed by atoms with Crippen LogP contribution in [0.2, 0.25) is 10.0 Å². The normalized spacial score (nSPS) is 11.0. The fraction of sp³-hybridized carbons (Fsp3) is 0.174. The monoisotopic (exact) mass is 438 g/mol. The lowest BCUT2D eigenvalue weighted by Gasteiger charge is -2.10. The Balaban J connectivity index is 1.54. The van der Waals surface area contributed by atoms with Crippen LogP contribution in [-0.4, -0.2) is 20.4 Å². The van der Waals surface area contributed by atoms with E-state index in [2.05, 4.69) is 22.4 Å². The van der Waals surface area contributed by atoms with Crippen molar-refractivity contribution < 1.29 is 4.79 Å². The highest BCUT2D eigenvalue weighted by molar-refractivity contribution is 6.42. The summed E-state index contributed by atoms with van der Waals surface area (Å²) in [6.07, 6.45) is 2.69. The molecule has 0 unspecified atom stereocenters. The minimum atomic E-state index is -0.0479. The van der Waals surface area contributed by atoms with Crippen molar-refractivity contribution in [3.8, 4) is 0 Å². The molecule has 1 amide bonds. The number of fused-ring (bicyclic) bond motifs is 1. The summed E-state index contributed by atoms with van der Waals surface area (Å²) in [4.78, 5) is 21.4. The third-order valence-electron chi connectivity index (χ3n) is 4.83.